The number of hydrogen-bond donors (Lipinski definition) is 1. The van der Waals surface area contributed by atoms with E-state index in [2.05, 4.69) is 4.98 Å². The minimum absolute atomic E-state index is 0.0858. The average molecular weight is 282 g/mol. The third-order valence-electron chi connectivity index (χ3n) is 3.42. The Balaban J connectivity index is 2.29. The lowest BCUT2D eigenvalue weighted by Gasteiger charge is -2.04. The Hall–Kier alpha value is -2.66. The highest BCUT2D eigenvalue weighted by Crippen LogP contribution is 2.34. The first-order valence-corrected chi connectivity index (χ1v) is 6.54. The maximum Gasteiger partial charge on any atom is 0.270 e. The van der Waals surface area contributed by atoms with Gasteiger partial charge in [0.1, 0.15) is 0 Å². The van der Waals surface area contributed by atoms with Crippen LogP contribution in [0.1, 0.15) is 5.69 Å². The van der Waals surface area contributed by atoms with Crippen LogP contribution in [-0.4, -0.2) is 17.0 Å². The Kier molecular flexibility index (Phi) is 3.41. The number of H-pyrrole nitrogens is 1. The molecular weight excluding hydrogens is 268 g/mol. The van der Waals surface area contributed by atoms with Gasteiger partial charge >= 0.3 is 0 Å². The first-order valence-electron chi connectivity index (χ1n) is 6.54. The molecule has 2 aromatic carbocycles. The van der Waals surface area contributed by atoms with Crippen LogP contribution in [-0.2, 0) is 11.3 Å². The molecule has 106 valence electrons. The quantitative estimate of drug-likeness (QED) is 0.583. The van der Waals surface area contributed by atoms with Gasteiger partial charge in [-0.1, -0.05) is 30.3 Å². The molecule has 0 aliphatic carbocycles. The molecule has 21 heavy (non-hydrogen) atoms. The van der Waals surface area contributed by atoms with Gasteiger partial charge in [-0.15, -0.1) is 0 Å². The fourth-order valence-electron chi connectivity index (χ4n) is 2.54. The van der Waals surface area contributed by atoms with Crippen molar-refractivity contribution in [2.24, 2.45) is 0 Å². The van der Waals surface area contributed by atoms with Gasteiger partial charge in [0.25, 0.3) is 5.69 Å². The predicted molar refractivity (Wildman–Crippen MR) is 81.1 cm³/mol. The summed E-state index contributed by atoms with van der Waals surface area (Å²) in [5, 5.41) is 11.8. The van der Waals surface area contributed by atoms with Crippen LogP contribution in [0.3, 0.4) is 0 Å². The number of nitrogens with one attached hydrogen (secondary N) is 1. The molecule has 0 aliphatic rings. The number of methoxy groups -OCH3 is 1. The van der Waals surface area contributed by atoms with Crippen LogP contribution in [0.4, 0.5) is 5.69 Å². The summed E-state index contributed by atoms with van der Waals surface area (Å²) in [5.74, 6) is 0. The van der Waals surface area contributed by atoms with Gasteiger partial charge in [0.15, 0.2) is 0 Å². The molecule has 1 N–H and O–H groups in total. The van der Waals surface area contributed by atoms with E-state index < -0.39 is 0 Å². The van der Waals surface area contributed by atoms with E-state index in [1.54, 1.807) is 19.2 Å². The monoisotopic (exact) mass is 282 g/mol. The lowest BCUT2D eigenvalue weighted by atomic mass is 10.0. The zero-order valence-electron chi connectivity index (χ0n) is 11.5. The van der Waals surface area contributed by atoms with Crippen molar-refractivity contribution in [3.05, 3.63) is 64.3 Å². The second kappa shape index (κ2) is 5.38. The van der Waals surface area contributed by atoms with Crippen molar-refractivity contribution in [1.82, 2.24) is 4.98 Å². The number of aromatic amines is 1. The average Bonchev–Trinajstić information content (AvgIpc) is 2.85. The highest BCUT2D eigenvalue weighted by atomic mass is 16.6. The summed E-state index contributed by atoms with van der Waals surface area (Å²) in [5.41, 5.74) is 3.83. The van der Waals surface area contributed by atoms with Crippen molar-refractivity contribution < 1.29 is 9.66 Å². The maximum absolute atomic E-state index is 11.0. The molecule has 1 heterocycles. The standard InChI is InChI=1S/C16H14N2O3/c1-21-10-15-16(11-5-3-2-4-6-11)13-9-12(18(19)20)7-8-14(13)17-15/h2-9,17H,10H2,1H3. The molecule has 0 radical (unpaired) electrons. The number of benzene rings is 2. The van der Waals surface area contributed by atoms with Crippen molar-refractivity contribution in [3.63, 3.8) is 0 Å². The van der Waals surface area contributed by atoms with Crippen molar-refractivity contribution in [3.8, 4) is 11.1 Å². The summed E-state index contributed by atoms with van der Waals surface area (Å²) in [6.45, 7) is 0.423. The van der Waals surface area contributed by atoms with Crippen LogP contribution in [0.15, 0.2) is 48.5 Å². The van der Waals surface area contributed by atoms with Crippen molar-refractivity contribution in [2.45, 2.75) is 6.61 Å². The number of rotatable bonds is 4. The third kappa shape index (κ3) is 2.39. The number of fused-ring (bicyclic) bond motifs is 1. The van der Waals surface area contributed by atoms with E-state index in [0.29, 0.717) is 6.61 Å². The van der Waals surface area contributed by atoms with Gasteiger partial charge < -0.3 is 9.72 Å². The number of aromatic nitrogens is 1. The van der Waals surface area contributed by atoms with Gasteiger partial charge in [-0.05, 0) is 11.6 Å². The molecule has 3 rings (SSSR count). The fourth-order valence-corrected chi connectivity index (χ4v) is 2.54. The van der Waals surface area contributed by atoms with E-state index in [1.165, 1.54) is 6.07 Å². The number of nitro groups is 1. The minimum atomic E-state index is -0.378. The Morgan fingerprint density at radius 3 is 2.62 bits per heavy atom. The summed E-state index contributed by atoms with van der Waals surface area (Å²) >= 11 is 0. The van der Waals surface area contributed by atoms with Gasteiger partial charge in [-0.2, -0.15) is 0 Å². The highest BCUT2D eigenvalue weighted by Gasteiger charge is 2.16. The van der Waals surface area contributed by atoms with Crippen molar-refractivity contribution >= 4 is 16.6 Å². The van der Waals surface area contributed by atoms with E-state index in [9.17, 15) is 10.1 Å². The Morgan fingerprint density at radius 2 is 1.95 bits per heavy atom. The number of hydrogen-bond acceptors (Lipinski definition) is 3. The van der Waals surface area contributed by atoms with Crippen LogP contribution >= 0.6 is 0 Å². The Morgan fingerprint density at radius 1 is 1.19 bits per heavy atom. The number of ether oxygens (including phenoxy) is 1. The minimum Gasteiger partial charge on any atom is -0.378 e. The van der Waals surface area contributed by atoms with Crippen molar-refractivity contribution in [2.75, 3.05) is 7.11 Å². The molecule has 3 aromatic rings. The second-order valence-electron chi connectivity index (χ2n) is 4.76. The first kappa shape index (κ1) is 13.3. The van der Waals surface area contributed by atoms with Crippen LogP contribution in [0.5, 0.6) is 0 Å². The van der Waals surface area contributed by atoms with Crippen LogP contribution < -0.4 is 0 Å². The van der Waals surface area contributed by atoms with Gasteiger partial charge in [-0.3, -0.25) is 10.1 Å². The second-order valence-corrected chi connectivity index (χ2v) is 4.76. The van der Waals surface area contributed by atoms with Crippen LogP contribution in [0.2, 0.25) is 0 Å². The van der Waals surface area contributed by atoms with Gasteiger partial charge in [-0.25, -0.2) is 0 Å². The molecular formula is C16H14N2O3. The third-order valence-corrected chi connectivity index (χ3v) is 3.42. The van der Waals surface area contributed by atoms with E-state index in [4.69, 9.17) is 4.74 Å². The lowest BCUT2D eigenvalue weighted by Crippen LogP contribution is -1.90. The summed E-state index contributed by atoms with van der Waals surface area (Å²) in [6, 6.07) is 14.7. The van der Waals surface area contributed by atoms with E-state index >= 15 is 0 Å². The molecule has 5 heteroatoms. The molecule has 0 aliphatic heterocycles. The molecule has 0 fully saturated rings. The largest absolute Gasteiger partial charge is 0.378 e. The summed E-state index contributed by atoms with van der Waals surface area (Å²) < 4.78 is 5.23. The van der Waals surface area contributed by atoms with E-state index in [-0.39, 0.29) is 10.6 Å². The zero-order valence-corrected chi connectivity index (χ0v) is 11.5. The molecule has 0 amide bonds. The van der Waals surface area contributed by atoms with Crippen molar-refractivity contribution in [1.29, 1.82) is 0 Å². The van der Waals surface area contributed by atoms with Gasteiger partial charge in [0.05, 0.1) is 11.5 Å². The lowest BCUT2D eigenvalue weighted by molar-refractivity contribution is -0.384. The van der Waals surface area contributed by atoms with E-state index in [0.717, 1.165) is 27.7 Å². The molecule has 5 nitrogen and oxygen atoms in total. The summed E-state index contributed by atoms with van der Waals surface area (Å²) in [7, 11) is 1.63. The Labute approximate surface area is 121 Å². The topological polar surface area (TPSA) is 68.2 Å². The number of nitrogens with zero attached hydrogens (tertiary/aromatic N) is 1. The summed E-state index contributed by atoms with van der Waals surface area (Å²) in [4.78, 5) is 13.9. The first-order chi connectivity index (χ1) is 10.2. The highest BCUT2D eigenvalue weighted by molar-refractivity contribution is 5.98. The fraction of sp³-hybridized carbons (Fsp3) is 0.125. The SMILES string of the molecule is COCc1[nH]c2ccc([N+](=O)[O-])cc2c1-c1ccccc1. The molecule has 0 bridgehead atoms. The molecule has 1 aromatic heterocycles. The summed E-state index contributed by atoms with van der Waals surface area (Å²) in [6.07, 6.45) is 0. The normalized spacial score (nSPS) is 10.9. The van der Waals surface area contributed by atoms with Gasteiger partial charge in [0.2, 0.25) is 0 Å². The molecule has 0 atom stereocenters. The van der Waals surface area contributed by atoms with Crippen LogP contribution in [0.25, 0.3) is 22.0 Å². The zero-order chi connectivity index (χ0) is 14.8. The predicted octanol–water partition coefficient (Wildman–Crippen LogP) is 3.89. The molecule has 0 saturated carbocycles. The van der Waals surface area contributed by atoms with Crippen LogP contribution in [0, 0.1) is 10.1 Å². The molecule has 0 unspecified atom stereocenters. The smallest absolute Gasteiger partial charge is 0.270 e. The number of non-ortho nitro benzene ring substituents is 1. The molecule has 0 spiro atoms. The Bertz CT molecular complexity index is 794. The maximum atomic E-state index is 11.0. The number of nitro benzene ring substituents is 1. The van der Waals surface area contributed by atoms with Gasteiger partial charge in [0, 0.05) is 41.4 Å². The molecule has 0 saturated heterocycles. The van der Waals surface area contributed by atoms with E-state index in [1.807, 2.05) is 30.3 Å².